The van der Waals surface area contributed by atoms with Crippen LogP contribution in [0.1, 0.15) is 21.8 Å². The standard InChI is InChI=1S/C15H11NO2/c1-10-4-6-12-11(9-10)5-7-13(16-12)15(17)14-3-2-8-18-14/h2-9H,1H3. The zero-order valence-corrected chi connectivity index (χ0v) is 9.88. The number of aryl methyl sites for hydroxylation is 1. The summed E-state index contributed by atoms with van der Waals surface area (Å²) < 4.78 is 5.09. The number of ketones is 1. The topological polar surface area (TPSA) is 43.1 Å². The molecule has 18 heavy (non-hydrogen) atoms. The Bertz CT molecular complexity index is 714. The van der Waals surface area contributed by atoms with E-state index in [1.807, 2.05) is 31.2 Å². The van der Waals surface area contributed by atoms with Crippen LogP contribution in [0.15, 0.2) is 53.1 Å². The summed E-state index contributed by atoms with van der Waals surface area (Å²) in [5.41, 5.74) is 2.40. The van der Waals surface area contributed by atoms with Gasteiger partial charge >= 0.3 is 0 Å². The lowest BCUT2D eigenvalue weighted by Crippen LogP contribution is -2.02. The van der Waals surface area contributed by atoms with Gasteiger partial charge in [0.25, 0.3) is 0 Å². The van der Waals surface area contributed by atoms with E-state index in [-0.39, 0.29) is 5.78 Å². The second kappa shape index (κ2) is 4.11. The molecule has 0 fully saturated rings. The van der Waals surface area contributed by atoms with E-state index in [1.54, 1.807) is 18.2 Å². The third-order valence-corrected chi connectivity index (χ3v) is 2.82. The van der Waals surface area contributed by atoms with Crippen LogP contribution in [0.3, 0.4) is 0 Å². The molecule has 3 rings (SSSR count). The van der Waals surface area contributed by atoms with E-state index in [0.29, 0.717) is 11.5 Å². The van der Waals surface area contributed by atoms with Crippen molar-refractivity contribution >= 4 is 16.7 Å². The quantitative estimate of drug-likeness (QED) is 0.642. The number of pyridine rings is 1. The summed E-state index contributed by atoms with van der Waals surface area (Å²) >= 11 is 0. The SMILES string of the molecule is Cc1ccc2nc(C(=O)c3ccco3)ccc2c1. The average molecular weight is 237 g/mol. The zero-order valence-electron chi connectivity index (χ0n) is 9.88. The molecule has 0 atom stereocenters. The van der Waals surface area contributed by atoms with Gasteiger partial charge in [-0.2, -0.15) is 0 Å². The van der Waals surface area contributed by atoms with Crippen molar-refractivity contribution in [2.75, 3.05) is 0 Å². The molecule has 0 saturated heterocycles. The molecule has 3 heteroatoms. The molecule has 3 nitrogen and oxygen atoms in total. The van der Waals surface area contributed by atoms with Gasteiger partial charge in [0.1, 0.15) is 5.69 Å². The van der Waals surface area contributed by atoms with Crippen molar-refractivity contribution in [1.82, 2.24) is 4.98 Å². The van der Waals surface area contributed by atoms with Gasteiger partial charge in [0, 0.05) is 5.39 Å². The van der Waals surface area contributed by atoms with Crippen LogP contribution in [0.4, 0.5) is 0 Å². The number of carbonyl (C=O) groups excluding carboxylic acids is 1. The molecule has 2 heterocycles. The van der Waals surface area contributed by atoms with Crippen molar-refractivity contribution in [2.45, 2.75) is 6.92 Å². The molecule has 0 aliphatic heterocycles. The van der Waals surface area contributed by atoms with Crippen LogP contribution in [-0.4, -0.2) is 10.8 Å². The highest BCUT2D eigenvalue weighted by Crippen LogP contribution is 2.16. The first-order chi connectivity index (χ1) is 8.74. The molecule has 0 amide bonds. The largest absolute Gasteiger partial charge is 0.461 e. The number of benzene rings is 1. The van der Waals surface area contributed by atoms with Crippen LogP contribution >= 0.6 is 0 Å². The lowest BCUT2D eigenvalue weighted by Gasteiger charge is -2.01. The first-order valence-corrected chi connectivity index (χ1v) is 5.70. The highest BCUT2D eigenvalue weighted by molar-refractivity contribution is 6.06. The van der Waals surface area contributed by atoms with Gasteiger partial charge in [0.2, 0.25) is 5.78 Å². The third-order valence-electron chi connectivity index (χ3n) is 2.82. The Morgan fingerprint density at radius 1 is 1.17 bits per heavy atom. The van der Waals surface area contributed by atoms with Gasteiger partial charge in [-0.1, -0.05) is 17.7 Å². The molecule has 1 aromatic carbocycles. The van der Waals surface area contributed by atoms with E-state index >= 15 is 0 Å². The molecule has 0 unspecified atom stereocenters. The maximum Gasteiger partial charge on any atom is 0.246 e. The van der Waals surface area contributed by atoms with Gasteiger partial charge in [0.05, 0.1) is 11.8 Å². The number of aromatic nitrogens is 1. The van der Waals surface area contributed by atoms with Gasteiger partial charge in [-0.15, -0.1) is 0 Å². The predicted octanol–water partition coefficient (Wildman–Crippen LogP) is 3.37. The van der Waals surface area contributed by atoms with Crippen molar-refractivity contribution in [2.24, 2.45) is 0 Å². The minimum Gasteiger partial charge on any atom is -0.461 e. The molecule has 2 aromatic heterocycles. The Morgan fingerprint density at radius 2 is 2.06 bits per heavy atom. The van der Waals surface area contributed by atoms with Crippen molar-refractivity contribution in [3.05, 3.63) is 65.7 Å². The Balaban J connectivity index is 2.09. The minimum atomic E-state index is -0.192. The molecular weight excluding hydrogens is 226 g/mol. The maximum atomic E-state index is 12.1. The van der Waals surface area contributed by atoms with Crippen molar-refractivity contribution in [1.29, 1.82) is 0 Å². The Labute approximate surface area is 104 Å². The summed E-state index contributed by atoms with van der Waals surface area (Å²) in [5, 5.41) is 1.03. The number of nitrogens with zero attached hydrogens (tertiary/aromatic N) is 1. The first-order valence-electron chi connectivity index (χ1n) is 5.70. The highest BCUT2D eigenvalue weighted by Gasteiger charge is 2.13. The third kappa shape index (κ3) is 1.80. The van der Waals surface area contributed by atoms with Gasteiger partial charge in [0.15, 0.2) is 5.76 Å². The van der Waals surface area contributed by atoms with Crippen LogP contribution < -0.4 is 0 Å². The van der Waals surface area contributed by atoms with Crippen LogP contribution in [0, 0.1) is 6.92 Å². The zero-order chi connectivity index (χ0) is 12.5. The van der Waals surface area contributed by atoms with Crippen LogP contribution in [0.25, 0.3) is 10.9 Å². The van der Waals surface area contributed by atoms with E-state index in [2.05, 4.69) is 4.98 Å². The molecule has 0 aliphatic carbocycles. The summed E-state index contributed by atoms with van der Waals surface area (Å²) in [6.45, 7) is 2.03. The lowest BCUT2D eigenvalue weighted by molar-refractivity contribution is 0.100. The molecule has 0 bridgehead atoms. The Hall–Kier alpha value is -2.42. The monoisotopic (exact) mass is 237 g/mol. The predicted molar refractivity (Wildman–Crippen MR) is 68.6 cm³/mol. The highest BCUT2D eigenvalue weighted by atomic mass is 16.3. The number of furan rings is 1. The fraction of sp³-hybridized carbons (Fsp3) is 0.0667. The van der Waals surface area contributed by atoms with Crippen LogP contribution in [0.5, 0.6) is 0 Å². The molecule has 0 saturated carbocycles. The maximum absolute atomic E-state index is 12.1. The number of rotatable bonds is 2. The van der Waals surface area contributed by atoms with E-state index in [0.717, 1.165) is 10.9 Å². The molecule has 0 aliphatic rings. The van der Waals surface area contributed by atoms with Crippen LogP contribution in [0.2, 0.25) is 0 Å². The molecule has 88 valence electrons. The van der Waals surface area contributed by atoms with Crippen molar-refractivity contribution in [3.8, 4) is 0 Å². The second-order valence-electron chi connectivity index (χ2n) is 4.20. The number of carbonyl (C=O) groups is 1. The fourth-order valence-electron chi connectivity index (χ4n) is 1.91. The fourth-order valence-corrected chi connectivity index (χ4v) is 1.91. The van der Waals surface area contributed by atoms with Gasteiger partial charge < -0.3 is 4.42 Å². The summed E-state index contributed by atoms with van der Waals surface area (Å²) in [7, 11) is 0. The summed E-state index contributed by atoms with van der Waals surface area (Å²) in [5.74, 6) is 0.122. The minimum absolute atomic E-state index is 0.192. The van der Waals surface area contributed by atoms with Gasteiger partial charge in [-0.3, -0.25) is 4.79 Å². The van der Waals surface area contributed by atoms with Gasteiger partial charge in [-0.25, -0.2) is 4.98 Å². The number of hydrogen-bond acceptors (Lipinski definition) is 3. The number of hydrogen-bond donors (Lipinski definition) is 0. The molecular formula is C15H11NO2. The number of fused-ring (bicyclic) bond motifs is 1. The Morgan fingerprint density at radius 3 is 2.83 bits per heavy atom. The normalized spacial score (nSPS) is 10.7. The molecule has 0 radical (unpaired) electrons. The smallest absolute Gasteiger partial charge is 0.246 e. The van der Waals surface area contributed by atoms with Crippen LogP contribution in [-0.2, 0) is 0 Å². The average Bonchev–Trinajstić information content (AvgIpc) is 2.91. The lowest BCUT2D eigenvalue weighted by atomic mass is 10.1. The summed E-state index contributed by atoms with van der Waals surface area (Å²) in [6.07, 6.45) is 1.48. The van der Waals surface area contributed by atoms with E-state index in [9.17, 15) is 4.79 Å². The first kappa shape index (κ1) is 10.7. The van der Waals surface area contributed by atoms with Crippen molar-refractivity contribution < 1.29 is 9.21 Å². The Kier molecular flexibility index (Phi) is 2.45. The summed E-state index contributed by atoms with van der Waals surface area (Å²) in [4.78, 5) is 16.4. The summed E-state index contributed by atoms with van der Waals surface area (Å²) in [6, 6.07) is 12.9. The van der Waals surface area contributed by atoms with E-state index < -0.39 is 0 Å². The van der Waals surface area contributed by atoms with Gasteiger partial charge in [-0.05, 0) is 37.3 Å². The molecule has 0 spiro atoms. The second-order valence-corrected chi connectivity index (χ2v) is 4.20. The van der Waals surface area contributed by atoms with E-state index in [4.69, 9.17) is 4.42 Å². The van der Waals surface area contributed by atoms with E-state index in [1.165, 1.54) is 11.8 Å². The van der Waals surface area contributed by atoms with Crippen molar-refractivity contribution in [3.63, 3.8) is 0 Å². The molecule has 3 aromatic rings. The molecule has 0 N–H and O–H groups in total.